The maximum atomic E-state index is 12.7. The highest BCUT2D eigenvalue weighted by atomic mass is 32.2. The van der Waals surface area contributed by atoms with Crippen LogP contribution in [-0.2, 0) is 10.0 Å². The lowest BCUT2D eigenvalue weighted by Gasteiger charge is -2.18. The number of carboxylic acid groups (broad SMARTS) is 1. The van der Waals surface area contributed by atoms with E-state index in [4.69, 9.17) is 5.11 Å². The third-order valence-electron chi connectivity index (χ3n) is 4.23. The number of benzene rings is 2. The van der Waals surface area contributed by atoms with E-state index in [1.54, 1.807) is 48.6 Å². The molecule has 0 aliphatic heterocycles. The van der Waals surface area contributed by atoms with Crippen LogP contribution in [0.1, 0.15) is 21.5 Å². The summed E-state index contributed by atoms with van der Waals surface area (Å²) in [5.41, 5.74) is 1.13. The summed E-state index contributed by atoms with van der Waals surface area (Å²) in [6.45, 7) is 0. The molecule has 0 aliphatic rings. The van der Waals surface area contributed by atoms with Gasteiger partial charge in [0, 0.05) is 13.2 Å². The summed E-state index contributed by atoms with van der Waals surface area (Å²) >= 11 is 0. The van der Waals surface area contributed by atoms with Gasteiger partial charge in [-0.2, -0.15) is 0 Å². The molecule has 7 nitrogen and oxygen atoms in total. The first-order chi connectivity index (χ1) is 13.8. The zero-order valence-corrected chi connectivity index (χ0v) is 16.2. The molecule has 0 aliphatic carbocycles. The van der Waals surface area contributed by atoms with E-state index in [9.17, 15) is 18.3 Å². The molecule has 29 heavy (non-hydrogen) atoms. The smallest absolute Gasteiger partial charge is 0.339 e. The van der Waals surface area contributed by atoms with Crippen LogP contribution in [0.3, 0.4) is 0 Å². The minimum absolute atomic E-state index is 0.126. The van der Waals surface area contributed by atoms with Crippen LogP contribution >= 0.6 is 0 Å². The monoisotopic (exact) mass is 410 g/mol. The van der Waals surface area contributed by atoms with Crippen molar-refractivity contribution in [2.24, 2.45) is 0 Å². The Morgan fingerprint density at radius 3 is 2.28 bits per heavy atom. The molecular weight excluding hydrogens is 392 g/mol. The van der Waals surface area contributed by atoms with E-state index in [2.05, 4.69) is 4.98 Å². The Balaban J connectivity index is 1.81. The summed E-state index contributed by atoms with van der Waals surface area (Å²) in [6.07, 6.45) is 4.92. The lowest BCUT2D eigenvalue weighted by molar-refractivity contribution is 0.0693. The van der Waals surface area contributed by atoms with Gasteiger partial charge in [-0.3, -0.25) is 4.31 Å². The van der Waals surface area contributed by atoms with Crippen molar-refractivity contribution in [3.05, 3.63) is 83.6 Å². The van der Waals surface area contributed by atoms with E-state index in [1.165, 1.54) is 37.5 Å². The molecule has 0 unspecified atom stereocenters. The molecule has 0 atom stereocenters. The molecule has 2 aromatic carbocycles. The van der Waals surface area contributed by atoms with Gasteiger partial charge in [0.1, 0.15) is 17.1 Å². The predicted molar refractivity (Wildman–Crippen MR) is 110 cm³/mol. The molecule has 0 bridgehead atoms. The van der Waals surface area contributed by atoms with Gasteiger partial charge < -0.3 is 10.2 Å². The SMILES string of the molecule is CN(c1ccccn1)S(=O)(=O)c1ccc(C=Cc2ccc(O)c(C(=O)O)c2)cc1. The number of carboxylic acids is 1. The van der Waals surface area contributed by atoms with Crippen LogP contribution in [0.2, 0.25) is 0 Å². The molecule has 0 saturated heterocycles. The van der Waals surface area contributed by atoms with Crippen molar-refractivity contribution in [2.75, 3.05) is 11.4 Å². The van der Waals surface area contributed by atoms with E-state index in [0.717, 1.165) is 9.87 Å². The third-order valence-corrected chi connectivity index (χ3v) is 6.01. The van der Waals surface area contributed by atoms with Crippen molar-refractivity contribution < 1.29 is 23.4 Å². The zero-order valence-electron chi connectivity index (χ0n) is 15.4. The number of aromatic hydroxyl groups is 1. The average Bonchev–Trinajstić information content (AvgIpc) is 2.73. The molecule has 2 N–H and O–H groups in total. The number of aromatic nitrogens is 1. The molecule has 0 amide bonds. The van der Waals surface area contributed by atoms with Crippen LogP contribution < -0.4 is 4.31 Å². The molecule has 8 heteroatoms. The number of sulfonamides is 1. The maximum absolute atomic E-state index is 12.7. The molecule has 0 radical (unpaired) electrons. The van der Waals surface area contributed by atoms with Crippen molar-refractivity contribution in [1.29, 1.82) is 0 Å². The Bertz CT molecular complexity index is 1160. The van der Waals surface area contributed by atoms with E-state index < -0.39 is 16.0 Å². The number of pyridine rings is 1. The quantitative estimate of drug-likeness (QED) is 0.603. The third kappa shape index (κ3) is 4.44. The molecular formula is C21H18N2O5S. The van der Waals surface area contributed by atoms with Crippen molar-refractivity contribution in [2.45, 2.75) is 4.90 Å². The lowest BCUT2D eigenvalue weighted by Crippen LogP contribution is -2.27. The topological polar surface area (TPSA) is 108 Å². The predicted octanol–water partition coefficient (Wildman–Crippen LogP) is 3.48. The van der Waals surface area contributed by atoms with E-state index >= 15 is 0 Å². The Kier molecular flexibility index (Phi) is 5.65. The normalized spacial score (nSPS) is 11.5. The molecule has 0 fully saturated rings. The summed E-state index contributed by atoms with van der Waals surface area (Å²) in [7, 11) is -2.30. The molecule has 148 valence electrons. The van der Waals surface area contributed by atoms with Gasteiger partial charge in [0.15, 0.2) is 0 Å². The van der Waals surface area contributed by atoms with Crippen molar-refractivity contribution in [3.63, 3.8) is 0 Å². The lowest BCUT2D eigenvalue weighted by atomic mass is 10.1. The molecule has 0 saturated carbocycles. The van der Waals surface area contributed by atoms with E-state index in [0.29, 0.717) is 11.4 Å². The van der Waals surface area contributed by atoms with Crippen LogP contribution in [0.4, 0.5) is 5.82 Å². The van der Waals surface area contributed by atoms with E-state index in [1.807, 2.05) is 0 Å². The number of hydrogen-bond acceptors (Lipinski definition) is 5. The second-order valence-corrected chi connectivity index (χ2v) is 8.11. The van der Waals surface area contributed by atoms with Crippen LogP contribution in [0.25, 0.3) is 12.2 Å². The van der Waals surface area contributed by atoms with Gasteiger partial charge in [0.05, 0.1) is 4.90 Å². The number of nitrogens with zero attached hydrogens (tertiary/aromatic N) is 2. The number of rotatable bonds is 6. The fraction of sp³-hybridized carbons (Fsp3) is 0.0476. The number of carbonyl (C=O) groups is 1. The standard InChI is InChI=1S/C21H18N2O5S/c1-23(20-4-2-3-13-22-20)29(27,28)17-10-7-15(8-11-17)5-6-16-9-12-19(24)18(14-16)21(25)26/h2-14,24H,1H3,(H,25,26). The van der Waals surface area contributed by atoms with Gasteiger partial charge in [-0.1, -0.05) is 36.4 Å². The Morgan fingerprint density at radius 1 is 1.00 bits per heavy atom. The fourth-order valence-corrected chi connectivity index (χ4v) is 3.74. The van der Waals surface area contributed by atoms with Gasteiger partial charge in [0.2, 0.25) is 0 Å². The van der Waals surface area contributed by atoms with Gasteiger partial charge >= 0.3 is 5.97 Å². The maximum Gasteiger partial charge on any atom is 0.339 e. The van der Waals surface area contributed by atoms with Gasteiger partial charge in [-0.25, -0.2) is 18.2 Å². The highest BCUT2D eigenvalue weighted by Gasteiger charge is 2.21. The first-order valence-electron chi connectivity index (χ1n) is 8.53. The highest BCUT2D eigenvalue weighted by Crippen LogP contribution is 2.22. The fourth-order valence-electron chi connectivity index (χ4n) is 2.59. The van der Waals surface area contributed by atoms with Gasteiger partial charge in [0.25, 0.3) is 10.0 Å². The first-order valence-corrected chi connectivity index (χ1v) is 9.97. The van der Waals surface area contributed by atoms with Crippen LogP contribution in [-0.4, -0.2) is 36.6 Å². The molecule has 3 rings (SSSR count). The van der Waals surface area contributed by atoms with Crippen LogP contribution in [0.15, 0.2) is 71.8 Å². The van der Waals surface area contributed by atoms with Crippen LogP contribution in [0.5, 0.6) is 5.75 Å². The minimum atomic E-state index is -3.74. The molecule has 1 heterocycles. The number of hydrogen-bond donors (Lipinski definition) is 2. The van der Waals surface area contributed by atoms with Crippen molar-refractivity contribution in [1.82, 2.24) is 4.98 Å². The molecule has 0 spiro atoms. The summed E-state index contributed by atoms with van der Waals surface area (Å²) in [6, 6.07) is 15.6. The molecule has 3 aromatic rings. The number of phenols is 1. The average molecular weight is 410 g/mol. The van der Waals surface area contributed by atoms with E-state index in [-0.39, 0.29) is 16.2 Å². The zero-order chi connectivity index (χ0) is 21.0. The van der Waals surface area contributed by atoms with Gasteiger partial charge in [-0.05, 0) is 47.5 Å². The summed E-state index contributed by atoms with van der Waals surface area (Å²) in [5.74, 6) is -1.20. The first kappa shape index (κ1) is 20.1. The largest absolute Gasteiger partial charge is 0.507 e. The molecule has 1 aromatic heterocycles. The summed E-state index contributed by atoms with van der Waals surface area (Å²) in [5, 5.41) is 18.6. The van der Waals surface area contributed by atoms with Crippen molar-refractivity contribution in [3.8, 4) is 5.75 Å². The second kappa shape index (κ2) is 8.15. The van der Waals surface area contributed by atoms with Crippen LogP contribution in [0, 0.1) is 0 Å². The Morgan fingerprint density at radius 2 is 1.66 bits per heavy atom. The van der Waals surface area contributed by atoms with Gasteiger partial charge in [-0.15, -0.1) is 0 Å². The Hall–Kier alpha value is -3.65. The summed E-state index contributed by atoms with van der Waals surface area (Å²) in [4.78, 5) is 15.3. The Labute approximate surface area is 168 Å². The minimum Gasteiger partial charge on any atom is -0.507 e. The number of anilines is 1. The number of aromatic carboxylic acids is 1. The highest BCUT2D eigenvalue weighted by molar-refractivity contribution is 7.92. The van der Waals surface area contributed by atoms with Crippen molar-refractivity contribution >= 4 is 34.0 Å². The summed E-state index contributed by atoms with van der Waals surface area (Å²) < 4.78 is 26.6. The second-order valence-electron chi connectivity index (χ2n) is 6.14.